The topological polar surface area (TPSA) is 24.5 Å². The Kier molecular flexibility index (Phi) is 2.30. The summed E-state index contributed by atoms with van der Waals surface area (Å²) in [6.45, 7) is 1.55. The lowest BCUT2D eigenvalue weighted by Crippen LogP contribution is -2.39. The van der Waals surface area contributed by atoms with Gasteiger partial charge in [-0.3, -0.25) is 5.32 Å². The molecule has 0 aromatic heterocycles. The van der Waals surface area contributed by atoms with Gasteiger partial charge in [-0.15, -0.1) is 0 Å². The van der Waals surface area contributed by atoms with Gasteiger partial charge in [-0.1, -0.05) is 12.2 Å². The first-order valence-electron chi connectivity index (χ1n) is 4.38. The standard InChI is InChI=1S/C8H14N2OS/c1-10(7-4-9-5-11-7)8(12)6-2-3-6/h6-7,9H,2-5H2,1H3. The Morgan fingerprint density at radius 1 is 1.58 bits per heavy atom. The van der Waals surface area contributed by atoms with E-state index in [0.29, 0.717) is 12.6 Å². The summed E-state index contributed by atoms with van der Waals surface area (Å²) in [4.78, 5) is 3.16. The van der Waals surface area contributed by atoms with Crippen molar-refractivity contribution in [3.05, 3.63) is 0 Å². The van der Waals surface area contributed by atoms with E-state index >= 15 is 0 Å². The van der Waals surface area contributed by atoms with E-state index in [-0.39, 0.29) is 6.23 Å². The largest absolute Gasteiger partial charge is 0.342 e. The molecule has 3 nitrogen and oxygen atoms in total. The maximum absolute atomic E-state index is 5.44. The van der Waals surface area contributed by atoms with Crippen LogP contribution in [0.5, 0.6) is 0 Å². The first kappa shape index (κ1) is 8.41. The molecule has 0 amide bonds. The summed E-state index contributed by atoms with van der Waals surface area (Å²) in [7, 11) is 2.03. The average molecular weight is 186 g/mol. The molecule has 0 bridgehead atoms. The molecule has 0 spiro atoms. The van der Waals surface area contributed by atoms with Crippen molar-refractivity contribution in [1.29, 1.82) is 0 Å². The maximum atomic E-state index is 5.44. The second-order valence-electron chi connectivity index (χ2n) is 3.44. The summed E-state index contributed by atoms with van der Waals surface area (Å²) < 4.78 is 5.44. The summed E-state index contributed by atoms with van der Waals surface area (Å²) in [5, 5.41) is 3.14. The number of rotatable bonds is 2. The molecule has 1 saturated heterocycles. The Morgan fingerprint density at radius 2 is 2.33 bits per heavy atom. The Morgan fingerprint density at radius 3 is 2.83 bits per heavy atom. The van der Waals surface area contributed by atoms with Gasteiger partial charge in [0.1, 0.15) is 6.23 Å². The van der Waals surface area contributed by atoms with Crippen molar-refractivity contribution >= 4 is 17.2 Å². The number of nitrogens with zero attached hydrogens (tertiary/aromatic N) is 1. The molecule has 1 heterocycles. The monoisotopic (exact) mass is 186 g/mol. The lowest BCUT2D eigenvalue weighted by Gasteiger charge is -2.25. The minimum Gasteiger partial charge on any atom is -0.342 e. The molecule has 1 aliphatic heterocycles. The molecule has 68 valence electrons. The molecular formula is C8H14N2OS. The zero-order valence-corrected chi connectivity index (χ0v) is 8.06. The molecule has 1 saturated carbocycles. The summed E-state index contributed by atoms with van der Waals surface area (Å²) in [5.74, 6) is 0.661. The van der Waals surface area contributed by atoms with E-state index in [1.54, 1.807) is 0 Å². The fraction of sp³-hybridized carbons (Fsp3) is 0.875. The Bertz CT molecular complexity index is 187. The van der Waals surface area contributed by atoms with E-state index in [4.69, 9.17) is 17.0 Å². The highest BCUT2D eigenvalue weighted by atomic mass is 32.1. The van der Waals surface area contributed by atoms with E-state index in [2.05, 4.69) is 10.2 Å². The van der Waals surface area contributed by atoms with Crippen LogP contribution in [-0.4, -0.2) is 36.4 Å². The van der Waals surface area contributed by atoms with Crippen LogP contribution in [0.1, 0.15) is 12.8 Å². The third kappa shape index (κ3) is 1.60. The fourth-order valence-electron chi connectivity index (χ4n) is 1.41. The molecule has 1 aliphatic carbocycles. The Balaban J connectivity index is 1.88. The minimum atomic E-state index is 0.165. The van der Waals surface area contributed by atoms with Crippen molar-refractivity contribution in [2.24, 2.45) is 5.92 Å². The highest BCUT2D eigenvalue weighted by Gasteiger charge is 2.32. The van der Waals surface area contributed by atoms with Crippen LogP contribution in [0.2, 0.25) is 0 Å². The van der Waals surface area contributed by atoms with Crippen LogP contribution in [-0.2, 0) is 4.74 Å². The van der Waals surface area contributed by atoms with Gasteiger partial charge in [0.15, 0.2) is 0 Å². The summed E-state index contributed by atoms with van der Waals surface area (Å²) >= 11 is 5.32. The number of hydrogen-bond acceptors (Lipinski definition) is 3. The van der Waals surface area contributed by atoms with E-state index in [9.17, 15) is 0 Å². The van der Waals surface area contributed by atoms with Gasteiger partial charge < -0.3 is 9.64 Å². The van der Waals surface area contributed by atoms with Gasteiger partial charge in [0.25, 0.3) is 0 Å². The molecule has 12 heavy (non-hydrogen) atoms. The smallest absolute Gasteiger partial charge is 0.144 e. The van der Waals surface area contributed by atoms with Gasteiger partial charge in [0.05, 0.1) is 11.7 Å². The zero-order valence-electron chi connectivity index (χ0n) is 7.25. The number of ether oxygens (including phenoxy) is 1. The number of thiocarbonyl (C=S) groups is 1. The highest BCUT2D eigenvalue weighted by molar-refractivity contribution is 7.80. The van der Waals surface area contributed by atoms with Crippen molar-refractivity contribution in [1.82, 2.24) is 10.2 Å². The molecule has 1 atom stereocenters. The highest BCUT2D eigenvalue weighted by Crippen LogP contribution is 2.32. The molecule has 0 aromatic carbocycles. The van der Waals surface area contributed by atoms with Crippen LogP contribution < -0.4 is 5.32 Å². The lowest BCUT2D eigenvalue weighted by molar-refractivity contribution is 0.0377. The van der Waals surface area contributed by atoms with Crippen LogP contribution in [0.3, 0.4) is 0 Å². The molecule has 2 aliphatic rings. The molecule has 4 heteroatoms. The van der Waals surface area contributed by atoms with E-state index < -0.39 is 0 Å². The van der Waals surface area contributed by atoms with Crippen molar-refractivity contribution in [3.8, 4) is 0 Å². The van der Waals surface area contributed by atoms with Crippen LogP contribution in [0.25, 0.3) is 0 Å². The first-order valence-corrected chi connectivity index (χ1v) is 4.79. The molecule has 1 unspecified atom stereocenters. The van der Waals surface area contributed by atoms with Crippen molar-refractivity contribution in [2.45, 2.75) is 19.1 Å². The van der Waals surface area contributed by atoms with E-state index in [0.717, 1.165) is 11.5 Å². The number of nitrogens with one attached hydrogen (secondary N) is 1. The van der Waals surface area contributed by atoms with Gasteiger partial charge >= 0.3 is 0 Å². The van der Waals surface area contributed by atoms with Crippen LogP contribution in [0.4, 0.5) is 0 Å². The normalized spacial score (nSPS) is 28.9. The van der Waals surface area contributed by atoms with Gasteiger partial charge in [-0.05, 0) is 12.8 Å². The third-order valence-electron chi connectivity index (χ3n) is 2.40. The van der Waals surface area contributed by atoms with Crippen LogP contribution >= 0.6 is 12.2 Å². The van der Waals surface area contributed by atoms with Crippen molar-refractivity contribution in [3.63, 3.8) is 0 Å². The number of hydrogen-bond donors (Lipinski definition) is 1. The summed E-state index contributed by atoms with van der Waals surface area (Å²) in [5.41, 5.74) is 0. The van der Waals surface area contributed by atoms with Gasteiger partial charge in [-0.25, -0.2) is 0 Å². The first-order chi connectivity index (χ1) is 5.79. The minimum absolute atomic E-state index is 0.165. The quantitative estimate of drug-likeness (QED) is 0.637. The molecule has 2 fully saturated rings. The maximum Gasteiger partial charge on any atom is 0.144 e. The molecule has 0 radical (unpaired) electrons. The zero-order chi connectivity index (χ0) is 8.55. The predicted molar refractivity (Wildman–Crippen MR) is 50.8 cm³/mol. The second-order valence-corrected chi connectivity index (χ2v) is 3.86. The van der Waals surface area contributed by atoms with Crippen molar-refractivity contribution in [2.75, 3.05) is 20.3 Å². The van der Waals surface area contributed by atoms with E-state index in [1.807, 2.05) is 7.05 Å². The van der Waals surface area contributed by atoms with Crippen molar-refractivity contribution < 1.29 is 4.74 Å². The number of likely N-dealkylation sites (N-methyl/N-ethyl adjacent to an activating group) is 1. The lowest BCUT2D eigenvalue weighted by atomic mass is 10.3. The fourth-order valence-corrected chi connectivity index (χ4v) is 1.76. The summed E-state index contributed by atoms with van der Waals surface area (Å²) in [6, 6.07) is 0. The van der Waals surface area contributed by atoms with E-state index in [1.165, 1.54) is 12.8 Å². The van der Waals surface area contributed by atoms with Gasteiger partial charge in [0.2, 0.25) is 0 Å². The molecule has 0 aromatic rings. The summed E-state index contributed by atoms with van der Waals surface area (Å²) in [6.07, 6.45) is 2.70. The molecular weight excluding hydrogens is 172 g/mol. The average Bonchev–Trinajstić information content (AvgIpc) is 2.79. The SMILES string of the molecule is CN(C(=S)C1CC1)C1CNCO1. The Hall–Kier alpha value is -0.190. The Labute approximate surface area is 78.1 Å². The van der Waals surface area contributed by atoms with Gasteiger partial charge in [0, 0.05) is 19.5 Å². The third-order valence-corrected chi connectivity index (χ3v) is 3.02. The van der Waals surface area contributed by atoms with Gasteiger partial charge in [-0.2, -0.15) is 0 Å². The van der Waals surface area contributed by atoms with Crippen LogP contribution in [0, 0.1) is 5.92 Å². The molecule has 1 N–H and O–H groups in total. The van der Waals surface area contributed by atoms with Crippen LogP contribution in [0.15, 0.2) is 0 Å². The molecule has 2 rings (SSSR count). The second kappa shape index (κ2) is 3.28. The predicted octanol–water partition coefficient (Wildman–Crippen LogP) is 0.559.